The van der Waals surface area contributed by atoms with E-state index in [9.17, 15) is 9.59 Å². The van der Waals surface area contributed by atoms with E-state index in [0.29, 0.717) is 6.61 Å². The van der Waals surface area contributed by atoms with Gasteiger partial charge in [-0.2, -0.15) is 0 Å². The lowest BCUT2D eigenvalue weighted by molar-refractivity contribution is -0.145. The van der Waals surface area contributed by atoms with Crippen molar-refractivity contribution in [2.24, 2.45) is 0 Å². The SMILES string of the molecule is CCOC(=O)CC1(SC)C(=O)Nc2ccccc21. The number of carbonyl (C=O) groups is 2. The number of ether oxygens (including phenoxy) is 1. The molecule has 0 bridgehead atoms. The van der Waals surface area contributed by atoms with Gasteiger partial charge in [0.05, 0.1) is 13.0 Å². The molecule has 1 heterocycles. The second-order valence-electron chi connectivity index (χ2n) is 4.01. The number of esters is 1. The first-order valence-corrected chi connectivity index (χ1v) is 6.98. The standard InChI is InChI=1S/C13H15NO3S/c1-3-17-11(15)8-13(18-2)9-6-4-5-7-10(9)14-12(13)16/h4-7H,3,8H2,1-2H3,(H,14,16). The molecule has 0 aromatic heterocycles. The highest BCUT2D eigenvalue weighted by Crippen LogP contribution is 2.47. The molecular formula is C13H15NO3S. The zero-order chi connectivity index (χ0) is 13.2. The van der Waals surface area contributed by atoms with Crippen molar-refractivity contribution < 1.29 is 14.3 Å². The van der Waals surface area contributed by atoms with Crippen molar-refractivity contribution in [2.75, 3.05) is 18.2 Å². The molecule has 1 aromatic rings. The van der Waals surface area contributed by atoms with Gasteiger partial charge < -0.3 is 10.1 Å². The van der Waals surface area contributed by atoms with E-state index in [1.54, 1.807) is 6.92 Å². The van der Waals surface area contributed by atoms with Gasteiger partial charge in [0.15, 0.2) is 0 Å². The molecule has 0 spiro atoms. The number of rotatable bonds is 4. The zero-order valence-electron chi connectivity index (χ0n) is 10.4. The summed E-state index contributed by atoms with van der Waals surface area (Å²) in [6, 6.07) is 7.45. The number of thioether (sulfide) groups is 1. The van der Waals surface area contributed by atoms with E-state index in [1.807, 2.05) is 30.5 Å². The largest absolute Gasteiger partial charge is 0.466 e. The minimum absolute atomic E-state index is 0.0604. The molecule has 1 unspecified atom stereocenters. The van der Waals surface area contributed by atoms with Gasteiger partial charge in [0, 0.05) is 11.3 Å². The van der Waals surface area contributed by atoms with Crippen LogP contribution < -0.4 is 5.32 Å². The minimum Gasteiger partial charge on any atom is -0.466 e. The van der Waals surface area contributed by atoms with E-state index in [-0.39, 0.29) is 18.3 Å². The molecule has 0 aliphatic carbocycles. The van der Waals surface area contributed by atoms with Crippen LogP contribution in [0.4, 0.5) is 5.69 Å². The van der Waals surface area contributed by atoms with Crippen molar-refractivity contribution >= 4 is 29.3 Å². The molecule has 1 amide bonds. The molecular weight excluding hydrogens is 250 g/mol. The number of carbonyl (C=O) groups excluding carboxylic acids is 2. The van der Waals surface area contributed by atoms with Gasteiger partial charge in [-0.1, -0.05) is 18.2 Å². The highest BCUT2D eigenvalue weighted by Gasteiger charge is 2.48. The second kappa shape index (κ2) is 5.02. The van der Waals surface area contributed by atoms with Crippen LogP contribution in [0, 0.1) is 0 Å². The summed E-state index contributed by atoms with van der Waals surface area (Å²) < 4.78 is 4.10. The summed E-state index contributed by atoms with van der Waals surface area (Å²) in [6.07, 6.45) is 1.89. The maximum atomic E-state index is 12.2. The number of hydrogen-bond acceptors (Lipinski definition) is 4. The number of benzene rings is 1. The molecule has 0 saturated carbocycles. The molecule has 18 heavy (non-hydrogen) atoms. The number of anilines is 1. The fraction of sp³-hybridized carbons (Fsp3) is 0.385. The summed E-state index contributed by atoms with van der Waals surface area (Å²) in [4.78, 5) is 23.9. The van der Waals surface area contributed by atoms with Crippen LogP contribution in [0.2, 0.25) is 0 Å². The maximum absolute atomic E-state index is 12.2. The van der Waals surface area contributed by atoms with Crippen molar-refractivity contribution in [3.8, 4) is 0 Å². The number of hydrogen-bond donors (Lipinski definition) is 1. The van der Waals surface area contributed by atoms with Crippen LogP contribution in [0.25, 0.3) is 0 Å². The number of amides is 1. The van der Waals surface area contributed by atoms with Crippen molar-refractivity contribution in [3.63, 3.8) is 0 Å². The van der Waals surface area contributed by atoms with Crippen LogP contribution in [0.15, 0.2) is 24.3 Å². The molecule has 96 valence electrons. The monoisotopic (exact) mass is 265 g/mol. The Bertz CT molecular complexity index is 489. The molecule has 5 heteroatoms. The molecule has 1 atom stereocenters. The van der Waals surface area contributed by atoms with Gasteiger partial charge in [-0.15, -0.1) is 11.8 Å². The molecule has 0 saturated heterocycles. The third-order valence-electron chi connectivity index (χ3n) is 3.02. The fourth-order valence-corrected chi connectivity index (χ4v) is 3.05. The van der Waals surface area contributed by atoms with E-state index in [4.69, 9.17) is 4.74 Å². The molecule has 2 rings (SSSR count). The summed E-state index contributed by atoms with van der Waals surface area (Å²) in [5.74, 6) is -0.497. The van der Waals surface area contributed by atoms with Gasteiger partial charge in [-0.05, 0) is 19.2 Å². The predicted molar refractivity (Wildman–Crippen MR) is 71.5 cm³/mol. The quantitative estimate of drug-likeness (QED) is 0.848. The number of nitrogens with one attached hydrogen (secondary N) is 1. The van der Waals surface area contributed by atoms with Gasteiger partial charge >= 0.3 is 5.97 Å². The Morgan fingerprint density at radius 2 is 2.17 bits per heavy atom. The van der Waals surface area contributed by atoms with Gasteiger partial charge in [0.25, 0.3) is 0 Å². The molecule has 0 radical (unpaired) electrons. The lowest BCUT2D eigenvalue weighted by Crippen LogP contribution is -2.34. The Morgan fingerprint density at radius 1 is 1.44 bits per heavy atom. The third kappa shape index (κ3) is 1.99. The summed E-state index contributed by atoms with van der Waals surface area (Å²) in [6.45, 7) is 2.08. The molecule has 4 nitrogen and oxygen atoms in total. The van der Waals surface area contributed by atoms with Crippen molar-refractivity contribution in [1.82, 2.24) is 0 Å². The second-order valence-corrected chi connectivity index (χ2v) is 5.12. The first-order valence-electron chi connectivity index (χ1n) is 5.75. The minimum atomic E-state index is -0.858. The summed E-state index contributed by atoms with van der Waals surface area (Å²) in [5, 5.41) is 2.82. The van der Waals surface area contributed by atoms with Gasteiger partial charge in [0.2, 0.25) is 5.91 Å². The Balaban J connectivity index is 2.37. The maximum Gasteiger partial charge on any atom is 0.308 e. The van der Waals surface area contributed by atoms with E-state index < -0.39 is 4.75 Å². The van der Waals surface area contributed by atoms with Crippen LogP contribution in [-0.2, 0) is 19.1 Å². The fourth-order valence-electron chi connectivity index (χ4n) is 2.16. The summed E-state index contributed by atoms with van der Waals surface area (Å²) in [5.41, 5.74) is 1.64. The topological polar surface area (TPSA) is 55.4 Å². The molecule has 0 fully saturated rings. The van der Waals surface area contributed by atoms with E-state index in [2.05, 4.69) is 5.32 Å². The smallest absolute Gasteiger partial charge is 0.308 e. The Morgan fingerprint density at radius 3 is 2.83 bits per heavy atom. The van der Waals surface area contributed by atoms with Crippen LogP contribution in [0.5, 0.6) is 0 Å². The molecule has 1 aliphatic heterocycles. The predicted octanol–water partition coefficient (Wildman–Crippen LogP) is 2.15. The third-order valence-corrected chi connectivity index (χ3v) is 4.27. The highest BCUT2D eigenvalue weighted by atomic mass is 32.2. The van der Waals surface area contributed by atoms with Gasteiger partial charge in [0.1, 0.15) is 4.75 Å². The van der Waals surface area contributed by atoms with Crippen molar-refractivity contribution in [1.29, 1.82) is 0 Å². The summed E-state index contributed by atoms with van der Waals surface area (Å²) >= 11 is 1.37. The van der Waals surface area contributed by atoms with Crippen LogP contribution in [0.1, 0.15) is 18.9 Å². The Labute approximate surface area is 110 Å². The van der Waals surface area contributed by atoms with Gasteiger partial charge in [-0.25, -0.2) is 0 Å². The normalized spacial score (nSPS) is 21.3. The van der Waals surface area contributed by atoms with E-state index in [1.165, 1.54) is 11.8 Å². The Hall–Kier alpha value is -1.49. The van der Waals surface area contributed by atoms with E-state index in [0.717, 1.165) is 11.3 Å². The Kier molecular flexibility index (Phi) is 3.61. The molecule has 1 N–H and O–H groups in total. The highest BCUT2D eigenvalue weighted by molar-refractivity contribution is 8.00. The number of fused-ring (bicyclic) bond motifs is 1. The summed E-state index contributed by atoms with van der Waals surface area (Å²) in [7, 11) is 0. The number of para-hydroxylation sites is 1. The van der Waals surface area contributed by atoms with Crippen molar-refractivity contribution in [3.05, 3.63) is 29.8 Å². The average Bonchev–Trinajstić information content (AvgIpc) is 2.63. The first-order chi connectivity index (χ1) is 8.64. The van der Waals surface area contributed by atoms with Crippen LogP contribution in [-0.4, -0.2) is 24.7 Å². The zero-order valence-corrected chi connectivity index (χ0v) is 11.2. The van der Waals surface area contributed by atoms with Crippen LogP contribution >= 0.6 is 11.8 Å². The average molecular weight is 265 g/mol. The lowest BCUT2D eigenvalue weighted by Gasteiger charge is -2.23. The lowest BCUT2D eigenvalue weighted by atomic mass is 9.96. The first kappa shape index (κ1) is 13.0. The van der Waals surface area contributed by atoms with Crippen LogP contribution in [0.3, 0.4) is 0 Å². The molecule has 1 aliphatic rings. The van der Waals surface area contributed by atoms with E-state index >= 15 is 0 Å². The van der Waals surface area contributed by atoms with Crippen molar-refractivity contribution in [2.45, 2.75) is 18.1 Å². The van der Waals surface area contributed by atoms with Gasteiger partial charge in [-0.3, -0.25) is 9.59 Å². The molecule has 1 aromatic carbocycles.